The van der Waals surface area contributed by atoms with Gasteiger partial charge in [-0.15, -0.1) is 0 Å². The summed E-state index contributed by atoms with van der Waals surface area (Å²) < 4.78 is 16.2. The van der Waals surface area contributed by atoms with E-state index in [0.717, 1.165) is 44.0 Å². The number of halogens is 1. The summed E-state index contributed by atoms with van der Waals surface area (Å²) >= 11 is 0. The fourth-order valence-electron chi connectivity index (χ4n) is 4.63. The molecule has 3 nitrogen and oxygen atoms in total. The van der Waals surface area contributed by atoms with Crippen LogP contribution >= 0.6 is 0 Å². The number of aliphatic hydroxyl groups excluding tert-OH is 1. The minimum absolute atomic E-state index is 0.146. The maximum Gasteiger partial charge on any atom is 0.128 e. The Hall–Kier alpha value is -1.65. The third-order valence-corrected chi connectivity index (χ3v) is 6.10. The molecule has 2 atom stereocenters. The predicted octanol–water partition coefficient (Wildman–Crippen LogP) is 3.80. The van der Waals surface area contributed by atoms with E-state index in [4.69, 9.17) is 0 Å². The van der Waals surface area contributed by atoms with E-state index in [0.29, 0.717) is 6.54 Å². The van der Waals surface area contributed by atoms with Gasteiger partial charge in [-0.05, 0) is 37.5 Å². The summed E-state index contributed by atoms with van der Waals surface area (Å²) in [6, 6.07) is 11.2. The number of rotatable bonds is 10. The van der Waals surface area contributed by atoms with E-state index in [-0.39, 0.29) is 11.9 Å². The summed E-state index contributed by atoms with van der Waals surface area (Å²) in [5.74, 6) is 0.625. The molecular weight excluding hydrogens is 351 g/mol. The van der Waals surface area contributed by atoms with Gasteiger partial charge in [0.15, 0.2) is 0 Å². The van der Waals surface area contributed by atoms with Gasteiger partial charge in [0.25, 0.3) is 0 Å². The Balaban J connectivity index is 1.69. The number of aliphatic hydroxyl groups is 1. The molecule has 2 aromatic rings. The molecule has 0 spiro atoms. The van der Waals surface area contributed by atoms with Gasteiger partial charge < -0.3 is 14.6 Å². The van der Waals surface area contributed by atoms with Crippen LogP contribution < -0.4 is 4.90 Å². The zero-order valence-corrected chi connectivity index (χ0v) is 17.2. The van der Waals surface area contributed by atoms with E-state index in [1.165, 1.54) is 48.8 Å². The fraction of sp³-hybridized carbons (Fsp3) is 0.583. The zero-order valence-electron chi connectivity index (χ0n) is 17.2. The van der Waals surface area contributed by atoms with Gasteiger partial charge in [0.2, 0.25) is 0 Å². The molecule has 1 saturated carbocycles. The topological polar surface area (TPSA) is 29.6 Å². The van der Waals surface area contributed by atoms with Crippen LogP contribution in [-0.4, -0.2) is 28.9 Å². The number of aromatic nitrogens is 1. The van der Waals surface area contributed by atoms with Gasteiger partial charge in [-0.3, -0.25) is 0 Å². The number of benzene rings is 1. The van der Waals surface area contributed by atoms with E-state index < -0.39 is 0 Å². The van der Waals surface area contributed by atoms with Crippen molar-refractivity contribution in [3.8, 4) is 0 Å². The summed E-state index contributed by atoms with van der Waals surface area (Å²) in [7, 11) is 0. The number of quaternary nitrogens is 1. The lowest BCUT2D eigenvalue weighted by molar-refractivity contribution is -0.920. The highest BCUT2D eigenvalue weighted by Gasteiger charge is 2.23. The molecule has 1 aromatic heterocycles. The van der Waals surface area contributed by atoms with Gasteiger partial charge in [-0.1, -0.05) is 50.8 Å². The van der Waals surface area contributed by atoms with E-state index in [1.54, 1.807) is 6.07 Å². The standard InChI is InChI=1S/C24H35FN2O/c1-2-9-23(28)19-26(16-20-10-4-3-5-11-20)18-22-13-8-15-27(22)17-21-12-6-7-14-24(21)25/h6-8,12-15,20,23,28H,2-5,9-11,16-19H2,1H3/p+1/t23-/m0/s1. The van der Waals surface area contributed by atoms with Gasteiger partial charge in [-0.25, -0.2) is 4.39 Å². The first-order valence-corrected chi connectivity index (χ1v) is 11.0. The Morgan fingerprint density at radius 1 is 1.14 bits per heavy atom. The van der Waals surface area contributed by atoms with E-state index >= 15 is 0 Å². The second kappa shape index (κ2) is 10.8. The summed E-state index contributed by atoms with van der Waals surface area (Å²) in [6.45, 7) is 5.51. The minimum Gasteiger partial charge on any atom is -0.387 e. The molecule has 1 aliphatic rings. The Morgan fingerprint density at radius 2 is 1.93 bits per heavy atom. The monoisotopic (exact) mass is 387 g/mol. The Labute approximate surface area is 169 Å². The fourth-order valence-corrected chi connectivity index (χ4v) is 4.63. The molecule has 1 fully saturated rings. The molecular formula is C24H36FN2O+. The van der Waals surface area contributed by atoms with Crippen LogP contribution in [0, 0.1) is 11.7 Å². The Morgan fingerprint density at radius 3 is 2.68 bits per heavy atom. The first-order chi connectivity index (χ1) is 13.7. The van der Waals surface area contributed by atoms with Crippen LogP contribution in [-0.2, 0) is 13.1 Å². The lowest BCUT2D eigenvalue weighted by Crippen LogP contribution is -3.12. The van der Waals surface area contributed by atoms with Crippen LogP contribution in [0.2, 0.25) is 0 Å². The van der Waals surface area contributed by atoms with Gasteiger partial charge >= 0.3 is 0 Å². The van der Waals surface area contributed by atoms with Crippen molar-refractivity contribution in [3.63, 3.8) is 0 Å². The van der Waals surface area contributed by atoms with Gasteiger partial charge in [0, 0.05) is 17.7 Å². The maximum atomic E-state index is 14.1. The molecule has 0 radical (unpaired) electrons. The lowest BCUT2D eigenvalue weighted by atomic mass is 9.89. The van der Waals surface area contributed by atoms with Crippen LogP contribution in [0.4, 0.5) is 4.39 Å². The normalized spacial score (nSPS) is 17.5. The maximum absolute atomic E-state index is 14.1. The minimum atomic E-state index is -0.237. The van der Waals surface area contributed by atoms with Crippen molar-refractivity contribution in [2.24, 2.45) is 5.92 Å². The molecule has 0 aliphatic heterocycles. The van der Waals surface area contributed by atoms with Crippen LogP contribution in [0.15, 0.2) is 42.6 Å². The van der Waals surface area contributed by atoms with Crippen molar-refractivity contribution in [3.05, 3.63) is 59.7 Å². The molecule has 0 amide bonds. The summed E-state index contributed by atoms with van der Waals surface area (Å²) in [5.41, 5.74) is 1.94. The van der Waals surface area contributed by atoms with Crippen molar-refractivity contribution in [2.45, 2.75) is 71.1 Å². The van der Waals surface area contributed by atoms with Crippen LogP contribution in [0.5, 0.6) is 0 Å². The van der Waals surface area contributed by atoms with Crippen molar-refractivity contribution in [1.82, 2.24) is 4.57 Å². The van der Waals surface area contributed by atoms with Gasteiger partial charge in [0.1, 0.15) is 25.0 Å². The number of nitrogens with one attached hydrogen (secondary N) is 1. The van der Waals surface area contributed by atoms with Crippen molar-refractivity contribution >= 4 is 0 Å². The molecule has 0 saturated heterocycles. The van der Waals surface area contributed by atoms with Crippen LogP contribution in [0.25, 0.3) is 0 Å². The SMILES string of the molecule is CCC[C@H](O)C[NH+](Cc1cccn1Cc1ccccc1F)CC1CCCCC1. The van der Waals surface area contributed by atoms with E-state index in [2.05, 4.69) is 23.6 Å². The largest absolute Gasteiger partial charge is 0.387 e. The molecule has 2 N–H and O–H groups in total. The molecule has 28 heavy (non-hydrogen) atoms. The third kappa shape index (κ3) is 6.18. The molecule has 1 unspecified atom stereocenters. The van der Waals surface area contributed by atoms with Crippen LogP contribution in [0.3, 0.4) is 0 Å². The molecule has 4 heteroatoms. The second-order valence-corrected chi connectivity index (χ2v) is 8.50. The molecule has 0 bridgehead atoms. The third-order valence-electron chi connectivity index (χ3n) is 6.10. The summed E-state index contributed by atoms with van der Waals surface area (Å²) in [6.07, 6.45) is 10.4. The smallest absolute Gasteiger partial charge is 0.128 e. The lowest BCUT2D eigenvalue weighted by Gasteiger charge is -2.29. The average Bonchev–Trinajstić information content (AvgIpc) is 3.11. The van der Waals surface area contributed by atoms with Gasteiger partial charge in [-0.2, -0.15) is 0 Å². The van der Waals surface area contributed by atoms with E-state index in [1.807, 2.05) is 18.3 Å². The highest BCUT2D eigenvalue weighted by Crippen LogP contribution is 2.22. The van der Waals surface area contributed by atoms with Crippen molar-refractivity contribution in [2.75, 3.05) is 13.1 Å². The van der Waals surface area contributed by atoms with E-state index in [9.17, 15) is 9.50 Å². The first kappa shape index (κ1) is 21.1. The highest BCUT2D eigenvalue weighted by atomic mass is 19.1. The molecule has 1 aromatic carbocycles. The average molecular weight is 388 g/mol. The molecule has 1 aliphatic carbocycles. The quantitative estimate of drug-likeness (QED) is 0.638. The first-order valence-electron chi connectivity index (χ1n) is 11.0. The predicted molar refractivity (Wildman–Crippen MR) is 112 cm³/mol. The Kier molecular flexibility index (Phi) is 8.11. The van der Waals surface area contributed by atoms with Crippen molar-refractivity contribution in [1.29, 1.82) is 0 Å². The van der Waals surface area contributed by atoms with Gasteiger partial charge in [0.05, 0.1) is 18.8 Å². The highest BCUT2D eigenvalue weighted by molar-refractivity contribution is 5.19. The summed E-state index contributed by atoms with van der Waals surface area (Å²) in [5, 5.41) is 10.4. The second-order valence-electron chi connectivity index (χ2n) is 8.50. The number of nitrogens with zero attached hydrogens (tertiary/aromatic N) is 1. The summed E-state index contributed by atoms with van der Waals surface area (Å²) in [4.78, 5) is 1.46. The van der Waals surface area contributed by atoms with Crippen LogP contribution in [0.1, 0.15) is 63.1 Å². The number of hydrogen-bond acceptors (Lipinski definition) is 1. The number of hydrogen-bond donors (Lipinski definition) is 2. The Bertz CT molecular complexity index is 708. The molecule has 154 valence electrons. The zero-order chi connectivity index (χ0) is 19.8. The van der Waals surface area contributed by atoms with Crippen molar-refractivity contribution < 1.29 is 14.4 Å². The molecule has 3 rings (SSSR count). The molecule has 1 heterocycles.